The Kier molecular flexibility index (Phi) is 1.48. The van der Waals surface area contributed by atoms with Crippen molar-refractivity contribution in [3.63, 3.8) is 0 Å². The van der Waals surface area contributed by atoms with E-state index in [4.69, 9.17) is 5.11 Å². The van der Waals surface area contributed by atoms with Gasteiger partial charge in [0.1, 0.15) is 0 Å². The Balaban J connectivity index is 2.72. The number of carboxylic acids is 1. The maximum atomic E-state index is 10.6. The fourth-order valence-electron chi connectivity index (χ4n) is 1.01. The van der Waals surface area contributed by atoms with Crippen LogP contribution in [0.25, 0.3) is 5.65 Å². The first-order valence-corrected chi connectivity index (χ1v) is 3.61. The fourth-order valence-corrected chi connectivity index (χ4v) is 1.01. The predicted molar refractivity (Wildman–Crippen MR) is 42.5 cm³/mol. The van der Waals surface area contributed by atoms with Gasteiger partial charge in [-0.15, -0.1) is 10.2 Å². The number of rotatable bonds is 1. The van der Waals surface area contributed by atoms with Crippen LogP contribution < -0.4 is 0 Å². The summed E-state index contributed by atoms with van der Waals surface area (Å²) in [5.41, 5.74) is 0.526. The second-order valence-corrected chi connectivity index (χ2v) is 2.54. The molecule has 0 unspecified atom stereocenters. The number of aromatic nitrogens is 4. The van der Waals surface area contributed by atoms with Crippen molar-refractivity contribution in [3.05, 3.63) is 23.7 Å². The van der Waals surface area contributed by atoms with Crippen LogP contribution in [0.4, 0.5) is 0 Å². The maximum absolute atomic E-state index is 10.6. The van der Waals surface area contributed by atoms with E-state index >= 15 is 0 Å². The highest BCUT2D eigenvalue weighted by Crippen LogP contribution is 2.01. The van der Waals surface area contributed by atoms with E-state index in [0.717, 1.165) is 0 Å². The molecule has 0 atom stereocenters. The highest BCUT2D eigenvalue weighted by Gasteiger charge is 2.07. The lowest BCUT2D eigenvalue weighted by molar-refractivity contribution is 0.0689. The summed E-state index contributed by atoms with van der Waals surface area (Å²) in [4.78, 5) is 10.6. The zero-order valence-electron chi connectivity index (χ0n) is 6.80. The van der Waals surface area contributed by atoms with E-state index in [9.17, 15) is 4.79 Å². The largest absolute Gasteiger partial charge is 0.476 e. The molecular formula is C7H6N4O2. The smallest absolute Gasteiger partial charge is 0.356 e. The molecule has 2 heterocycles. The van der Waals surface area contributed by atoms with Gasteiger partial charge in [0.25, 0.3) is 0 Å². The van der Waals surface area contributed by atoms with Crippen LogP contribution in [0.2, 0.25) is 0 Å². The molecule has 2 rings (SSSR count). The Morgan fingerprint density at radius 1 is 1.46 bits per heavy atom. The highest BCUT2D eigenvalue weighted by molar-refractivity contribution is 5.85. The molecule has 0 aliphatic heterocycles. The number of carboxylic acid groups (broad SMARTS) is 1. The summed E-state index contributed by atoms with van der Waals surface area (Å²) in [5, 5.41) is 20.0. The minimum Gasteiger partial charge on any atom is -0.476 e. The molecule has 0 aromatic carbocycles. The number of nitrogens with zero attached hydrogens (tertiary/aromatic N) is 4. The molecule has 0 aliphatic rings. The van der Waals surface area contributed by atoms with Crippen molar-refractivity contribution in [2.75, 3.05) is 0 Å². The Hall–Kier alpha value is -1.98. The molecule has 0 saturated carbocycles. The zero-order valence-corrected chi connectivity index (χ0v) is 6.80. The Morgan fingerprint density at radius 3 is 2.92 bits per heavy atom. The summed E-state index contributed by atoms with van der Waals surface area (Å²) >= 11 is 0. The van der Waals surface area contributed by atoms with Gasteiger partial charge in [0.05, 0.1) is 0 Å². The summed E-state index contributed by atoms with van der Waals surface area (Å²) < 4.78 is 1.39. The lowest BCUT2D eigenvalue weighted by atomic mass is 10.4. The van der Waals surface area contributed by atoms with E-state index in [1.807, 2.05) is 0 Å². The number of hydrogen-bond acceptors (Lipinski definition) is 4. The normalized spacial score (nSPS) is 10.5. The molecule has 0 radical (unpaired) electrons. The highest BCUT2D eigenvalue weighted by atomic mass is 16.4. The van der Waals surface area contributed by atoms with E-state index < -0.39 is 5.97 Å². The second kappa shape index (κ2) is 2.51. The number of aryl methyl sites for hydroxylation is 1. The van der Waals surface area contributed by atoms with Gasteiger partial charge in [0, 0.05) is 0 Å². The molecule has 6 nitrogen and oxygen atoms in total. The monoisotopic (exact) mass is 178 g/mol. The van der Waals surface area contributed by atoms with Crippen molar-refractivity contribution < 1.29 is 9.90 Å². The fraction of sp³-hybridized carbons (Fsp3) is 0.143. The van der Waals surface area contributed by atoms with Crippen molar-refractivity contribution in [2.24, 2.45) is 0 Å². The van der Waals surface area contributed by atoms with Gasteiger partial charge in [-0.25, -0.2) is 4.79 Å². The van der Waals surface area contributed by atoms with Gasteiger partial charge < -0.3 is 5.11 Å². The average molecular weight is 178 g/mol. The van der Waals surface area contributed by atoms with Gasteiger partial charge in [-0.3, -0.25) is 0 Å². The van der Waals surface area contributed by atoms with E-state index in [2.05, 4.69) is 15.3 Å². The molecule has 0 saturated heterocycles. The van der Waals surface area contributed by atoms with Crippen molar-refractivity contribution in [1.29, 1.82) is 0 Å². The van der Waals surface area contributed by atoms with Crippen LogP contribution in [-0.2, 0) is 0 Å². The SMILES string of the molecule is Cc1nnc2ccc(C(=O)O)nn12. The first kappa shape index (κ1) is 7.66. The van der Waals surface area contributed by atoms with Crippen LogP contribution in [0.1, 0.15) is 16.3 Å². The predicted octanol–water partition coefficient (Wildman–Crippen LogP) is 0.131. The van der Waals surface area contributed by atoms with Crippen LogP contribution in [0.15, 0.2) is 12.1 Å². The van der Waals surface area contributed by atoms with Crippen LogP contribution in [0, 0.1) is 6.92 Å². The summed E-state index contributed by atoms with van der Waals surface area (Å²) in [6.07, 6.45) is 0. The number of aromatic carboxylic acids is 1. The molecule has 2 aromatic rings. The third kappa shape index (κ3) is 1.12. The lowest BCUT2D eigenvalue weighted by Gasteiger charge is -1.94. The number of carbonyl (C=O) groups is 1. The van der Waals surface area contributed by atoms with Gasteiger partial charge in [0.15, 0.2) is 17.2 Å². The third-order valence-electron chi connectivity index (χ3n) is 1.64. The Labute approximate surface area is 72.8 Å². The maximum Gasteiger partial charge on any atom is 0.356 e. The van der Waals surface area contributed by atoms with E-state index in [1.54, 1.807) is 13.0 Å². The van der Waals surface area contributed by atoms with E-state index in [1.165, 1.54) is 10.6 Å². The van der Waals surface area contributed by atoms with Crippen LogP contribution >= 0.6 is 0 Å². The van der Waals surface area contributed by atoms with E-state index in [-0.39, 0.29) is 5.69 Å². The molecule has 0 aliphatic carbocycles. The minimum absolute atomic E-state index is 0.0181. The summed E-state index contributed by atoms with van der Waals surface area (Å²) in [7, 11) is 0. The molecule has 66 valence electrons. The molecule has 0 fully saturated rings. The van der Waals surface area contributed by atoms with E-state index in [0.29, 0.717) is 11.5 Å². The standard InChI is InChI=1S/C7H6N4O2/c1-4-8-9-6-3-2-5(7(12)13)10-11(4)6/h2-3H,1H3,(H,12,13). The third-order valence-corrected chi connectivity index (χ3v) is 1.64. The quantitative estimate of drug-likeness (QED) is 0.671. The van der Waals surface area contributed by atoms with Crippen molar-refractivity contribution >= 4 is 11.6 Å². The van der Waals surface area contributed by atoms with Crippen LogP contribution in [0.3, 0.4) is 0 Å². The molecule has 0 bridgehead atoms. The van der Waals surface area contributed by atoms with Gasteiger partial charge in [0.2, 0.25) is 0 Å². The summed E-state index contributed by atoms with van der Waals surface area (Å²) in [6, 6.07) is 2.96. The van der Waals surface area contributed by atoms with Crippen molar-refractivity contribution in [2.45, 2.75) is 6.92 Å². The minimum atomic E-state index is -1.06. The van der Waals surface area contributed by atoms with Gasteiger partial charge in [-0.1, -0.05) is 0 Å². The molecule has 13 heavy (non-hydrogen) atoms. The summed E-state index contributed by atoms with van der Waals surface area (Å²) in [5.74, 6) is -0.492. The molecule has 1 N–H and O–H groups in total. The first-order valence-electron chi connectivity index (χ1n) is 3.61. The zero-order chi connectivity index (χ0) is 9.42. The van der Waals surface area contributed by atoms with Crippen LogP contribution in [-0.4, -0.2) is 30.9 Å². The molecule has 0 spiro atoms. The average Bonchev–Trinajstić information content (AvgIpc) is 2.47. The number of fused-ring (bicyclic) bond motifs is 1. The number of hydrogen-bond donors (Lipinski definition) is 1. The first-order chi connectivity index (χ1) is 6.18. The Morgan fingerprint density at radius 2 is 2.23 bits per heavy atom. The molecule has 0 amide bonds. The van der Waals surface area contributed by atoms with Crippen molar-refractivity contribution in [1.82, 2.24) is 19.8 Å². The van der Waals surface area contributed by atoms with Crippen LogP contribution in [0.5, 0.6) is 0 Å². The van der Waals surface area contributed by atoms with Crippen molar-refractivity contribution in [3.8, 4) is 0 Å². The molecule has 6 heteroatoms. The molecule has 2 aromatic heterocycles. The molecular weight excluding hydrogens is 172 g/mol. The van der Waals surface area contributed by atoms with Gasteiger partial charge in [-0.05, 0) is 19.1 Å². The lowest BCUT2D eigenvalue weighted by Crippen LogP contribution is -2.05. The topological polar surface area (TPSA) is 80.4 Å². The Bertz CT molecular complexity index is 476. The van der Waals surface area contributed by atoms with Gasteiger partial charge >= 0.3 is 5.97 Å². The van der Waals surface area contributed by atoms with Gasteiger partial charge in [-0.2, -0.15) is 9.61 Å². The summed E-state index contributed by atoms with van der Waals surface area (Å²) in [6.45, 7) is 1.71. The second-order valence-electron chi connectivity index (χ2n) is 2.54.